The smallest absolute Gasteiger partial charge is 0.341 e. The summed E-state index contributed by atoms with van der Waals surface area (Å²) in [6.07, 6.45) is 2.77. The lowest BCUT2D eigenvalue weighted by Gasteiger charge is -2.07. The Bertz CT molecular complexity index is 699. The number of amides is 1. The number of aliphatic carboxylic acids is 1. The number of aryl methyl sites for hydroxylation is 2. The number of nitrogens with zero attached hydrogens (tertiary/aromatic N) is 1. The van der Waals surface area contributed by atoms with Gasteiger partial charge in [0.25, 0.3) is 5.91 Å². The molecule has 0 saturated carbocycles. The van der Waals surface area contributed by atoms with E-state index >= 15 is 0 Å². The molecule has 2 rings (SSSR count). The normalized spacial score (nSPS) is 10.4. The molecule has 0 fully saturated rings. The van der Waals surface area contributed by atoms with Crippen LogP contribution in [0.3, 0.4) is 0 Å². The Hall–Kier alpha value is -2.41. The maximum atomic E-state index is 12.1. The summed E-state index contributed by atoms with van der Waals surface area (Å²) >= 11 is 1.66. The van der Waals surface area contributed by atoms with Crippen LogP contribution < -0.4 is 10.1 Å². The lowest BCUT2D eigenvalue weighted by molar-refractivity contribution is -0.139. The molecule has 1 amide bonds. The van der Waals surface area contributed by atoms with E-state index in [1.807, 2.05) is 12.3 Å². The van der Waals surface area contributed by atoms with Crippen molar-refractivity contribution >= 4 is 23.2 Å². The number of carboxylic acids is 1. The second-order valence-corrected chi connectivity index (χ2v) is 6.25. The van der Waals surface area contributed by atoms with Crippen molar-refractivity contribution in [3.63, 3.8) is 0 Å². The van der Waals surface area contributed by atoms with Gasteiger partial charge in [0, 0.05) is 23.2 Å². The summed E-state index contributed by atoms with van der Waals surface area (Å²) in [4.78, 5) is 27.0. The number of carbonyl (C=O) groups is 2. The number of carboxylic acid groups (broad SMARTS) is 1. The summed E-state index contributed by atoms with van der Waals surface area (Å²) in [6, 6.07) is 6.49. The van der Waals surface area contributed by atoms with E-state index in [0.717, 1.165) is 30.0 Å². The SMILES string of the molecule is Cc1csc(CCCCNC(=O)c2cccc(OCC(=O)O)c2)n1. The van der Waals surface area contributed by atoms with Gasteiger partial charge in [-0.25, -0.2) is 9.78 Å². The molecule has 128 valence electrons. The molecule has 0 atom stereocenters. The van der Waals surface area contributed by atoms with Gasteiger partial charge in [0.05, 0.1) is 5.01 Å². The second kappa shape index (κ2) is 9.02. The molecule has 7 heteroatoms. The van der Waals surface area contributed by atoms with Gasteiger partial charge in [-0.1, -0.05) is 6.07 Å². The van der Waals surface area contributed by atoms with Gasteiger partial charge in [-0.15, -0.1) is 11.3 Å². The van der Waals surface area contributed by atoms with Crippen LogP contribution in [0.4, 0.5) is 0 Å². The largest absolute Gasteiger partial charge is 0.482 e. The second-order valence-electron chi connectivity index (χ2n) is 5.31. The number of unbranched alkanes of at least 4 members (excludes halogenated alkanes) is 1. The van der Waals surface area contributed by atoms with Gasteiger partial charge in [0.1, 0.15) is 5.75 Å². The number of aromatic nitrogens is 1. The molecule has 24 heavy (non-hydrogen) atoms. The molecule has 0 aliphatic carbocycles. The standard InChI is InChI=1S/C17H20N2O4S/c1-12-11-24-15(19-12)7-2-3-8-18-17(22)13-5-4-6-14(9-13)23-10-16(20)21/h4-6,9,11H,2-3,7-8,10H2,1H3,(H,18,22)(H,20,21). The van der Waals surface area contributed by atoms with E-state index in [1.165, 1.54) is 6.07 Å². The zero-order valence-corrected chi connectivity index (χ0v) is 14.3. The van der Waals surface area contributed by atoms with E-state index in [1.54, 1.807) is 29.5 Å². The number of thiazole rings is 1. The maximum Gasteiger partial charge on any atom is 0.341 e. The number of hydrogen-bond donors (Lipinski definition) is 2. The van der Waals surface area contributed by atoms with Crippen LogP contribution in [0.15, 0.2) is 29.6 Å². The molecule has 0 spiro atoms. The Morgan fingerprint density at radius 1 is 1.33 bits per heavy atom. The highest BCUT2D eigenvalue weighted by Crippen LogP contribution is 2.14. The Morgan fingerprint density at radius 2 is 2.17 bits per heavy atom. The van der Waals surface area contributed by atoms with Gasteiger partial charge >= 0.3 is 5.97 Å². The maximum absolute atomic E-state index is 12.1. The lowest BCUT2D eigenvalue weighted by atomic mass is 10.2. The fraction of sp³-hybridized carbons (Fsp3) is 0.353. The minimum atomic E-state index is -1.06. The van der Waals surface area contributed by atoms with Crippen LogP contribution in [0.2, 0.25) is 0 Å². The van der Waals surface area contributed by atoms with E-state index in [-0.39, 0.29) is 5.91 Å². The third kappa shape index (κ3) is 6.00. The molecule has 0 unspecified atom stereocenters. The summed E-state index contributed by atoms with van der Waals surface area (Å²) in [5.41, 5.74) is 1.50. The van der Waals surface area contributed by atoms with Crippen molar-refractivity contribution in [1.29, 1.82) is 0 Å². The van der Waals surface area contributed by atoms with Gasteiger partial charge in [0.15, 0.2) is 6.61 Å². The molecule has 1 aromatic carbocycles. The molecule has 1 aromatic heterocycles. The number of rotatable bonds is 9. The van der Waals surface area contributed by atoms with Gasteiger partial charge in [-0.3, -0.25) is 4.79 Å². The van der Waals surface area contributed by atoms with Gasteiger partial charge < -0.3 is 15.2 Å². The zero-order valence-electron chi connectivity index (χ0n) is 13.4. The third-order valence-electron chi connectivity index (χ3n) is 3.23. The first kappa shape index (κ1) is 17.9. The number of benzene rings is 1. The molecule has 0 saturated heterocycles. The van der Waals surface area contributed by atoms with Gasteiger partial charge in [0.2, 0.25) is 0 Å². The topological polar surface area (TPSA) is 88.5 Å². The minimum Gasteiger partial charge on any atom is -0.482 e. The molecule has 0 aliphatic heterocycles. The first-order valence-corrected chi connectivity index (χ1v) is 8.56. The Balaban J connectivity index is 1.71. The highest BCUT2D eigenvalue weighted by molar-refractivity contribution is 7.09. The molecular weight excluding hydrogens is 328 g/mol. The van der Waals surface area contributed by atoms with Crippen molar-refractivity contribution in [2.75, 3.05) is 13.2 Å². The number of ether oxygens (including phenoxy) is 1. The van der Waals surface area contributed by atoms with Crippen molar-refractivity contribution in [3.05, 3.63) is 45.9 Å². The Kier molecular flexibility index (Phi) is 6.74. The van der Waals surface area contributed by atoms with Crippen molar-refractivity contribution in [3.8, 4) is 5.75 Å². The molecule has 1 heterocycles. The van der Waals surface area contributed by atoms with E-state index in [2.05, 4.69) is 10.3 Å². The number of nitrogens with one attached hydrogen (secondary N) is 1. The van der Waals surface area contributed by atoms with E-state index in [9.17, 15) is 9.59 Å². The van der Waals surface area contributed by atoms with Crippen LogP contribution in [0.25, 0.3) is 0 Å². The summed E-state index contributed by atoms with van der Waals surface area (Å²) < 4.78 is 5.07. The van der Waals surface area contributed by atoms with E-state index in [4.69, 9.17) is 9.84 Å². The van der Waals surface area contributed by atoms with Crippen LogP contribution in [0.1, 0.15) is 33.9 Å². The molecule has 0 bridgehead atoms. The average molecular weight is 348 g/mol. The highest BCUT2D eigenvalue weighted by Gasteiger charge is 2.07. The van der Waals surface area contributed by atoms with Crippen molar-refractivity contribution in [1.82, 2.24) is 10.3 Å². The van der Waals surface area contributed by atoms with E-state index in [0.29, 0.717) is 17.9 Å². The van der Waals surface area contributed by atoms with Gasteiger partial charge in [-0.05, 0) is 44.4 Å². The van der Waals surface area contributed by atoms with Crippen molar-refractivity contribution in [2.45, 2.75) is 26.2 Å². The quantitative estimate of drug-likeness (QED) is 0.680. The predicted molar refractivity (Wildman–Crippen MR) is 91.7 cm³/mol. The molecule has 2 N–H and O–H groups in total. The lowest BCUT2D eigenvalue weighted by Crippen LogP contribution is -2.24. The Labute approximate surface area is 144 Å². The summed E-state index contributed by atoms with van der Waals surface area (Å²) in [5.74, 6) is -0.884. The summed E-state index contributed by atoms with van der Waals surface area (Å²) in [7, 11) is 0. The predicted octanol–water partition coefficient (Wildman–Crippen LogP) is 2.67. The summed E-state index contributed by atoms with van der Waals surface area (Å²) in [6.45, 7) is 2.14. The average Bonchev–Trinajstić information content (AvgIpc) is 2.98. The molecule has 6 nitrogen and oxygen atoms in total. The molecule has 0 aliphatic rings. The van der Waals surface area contributed by atoms with Crippen LogP contribution >= 0.6 is 11.3 Å². The first-order chi connectivity index (χ1) is 11.5. The zero-order chi connectivity index (χ0) is 17.4. The number of carbonyl (C=O) groups excluding carboxylic acids is 1. The minimum absolute atomic E-state index is 0.194. The molecule has 2 aromatic rings. The number of hydrogen-bond acceptors (Lipinski definition) is 5. The van der Waals surface area contributed by atoms with Crippen LogP contribution in [0.5, 0.6) is 5.75 Å². The van der Waals surface area contributed by atoms with Crippen LogP contribution in [-0.2, 0) is 11.2 Å². The fourth-order valence-electron chi connectivity index (χ4n) is 2.09. The first-order valence-electron chi connectivity index (χ1n) is 7.68. The molecule has 0 radical (unpaired) electrons. The monoisotopic (exact) mass is 348 g/mol. The van der Waals surface area contributed by atoms with Gasteiger partial charge in [-0.2, -0.15) is 0 Å². The third-order valence-corrected chi connectivity index (χ3v) is 4.25. The highest BCUT2D eigenvalue weighted by atomic mass is 32.1. The fourth-order valence-corrected chi connectivity index (χ4v) is 2.91. The Morgan fingerprint density at radius 3 is 2.88 bits per heavy atom. The van der Waals surface area contributed by atoms with Crippen molar-refractivity contribution in [2.24, 2.45) is 0 Å². The van der Waals surface area contributed by atoms with Crippen LogP contribution in [-0.4, -0.2) is 35.1 Å². The van der Waals surface area contributed by atoms with E-state index < -0.39 is 12.6 Å². The molecular formula is C17H20N2O4S. The summed E-state index contributed by atoms with van der Waals surface area (Å²) in [5, 5.41) is 14.6. The van der Waals surface area contributed by atoms with Crippen LogP contribution in [0, 0.1) is 6.92 Å². The van der Waals surface area contributed by atoms with Crippen molar-refractivity contribution < 1.29 is 19.4 Å².